The Balaban J connectivity index is 2.08. The third kappa shape index (κ3) is 2.14. The van der Waals surface area contributed by atoms with Crippen LogP contribution in [0.3, 0.4) is 0 Å². The van der Waals surface area contributed by atoms with Gasteiger partial charge in [0.05, 0.1) is 16.8 Å². The van der Waals surface area contributed by atoms with Gasteiger partial charge in [0.25, 0.3) is 0 Å². The summed E-state index contributed by atoms with van der Waals surface area (Å²) >= 11 is 0. The number of carbonyl (C=O) groups is 1. The van der Waals surface area contributed by atoms with Crippen molar-refractivity contribution in [2.45, 2.75) is 13.3 Å². The zero-order chi connectivity index (χ0) is 14.1. The van der Waals surface area contributed by atoms with Crippen LogP contribution in [0.5, 0.6) is 0 Å². The molecule has 0 saturated heterocycles. The molecule has 20 heavy (non-hydrogen) atoms. The second kappa shape index (κ2) is 4.77. The Morgan fingerprint density at radius 2 is 2.20 bits per heavy atom. The minimum absolute atomic E-state index is 0.258. The van der Waals surface area contributed by atoms with E-state index in [4.69, 9.17) is 4.52 Å². The SMILES string of the molecule is Cc1conc1Cc1ccc2nccc(C(=O)O)c2c1. The van der Waals surface area contributed by atoms with E-state index >= 15 is 0 Å². The maximum Gasteiger partial charge on any atom is 0.336 e. The lowest BCUT2D eigenvalue weighted by atomic mass is 10.0. The molecule has 0 aliphatic heterocycles. The highest BCUT2D eigenvalue weighted by Crippen LogP contribution is 2.21. The standard InChI is InChI=1S/C15H12N2O3/c1-9-8-20-17-14(9)7-10-2-3-13-12(6-10)11(15(18)19)4-5-16-13/h2-6,8H,7H2,1H3,(H,18,19). The van der Waals surface area contributed by atoms with Crippen molar-refractivity contribution in [1.82, 2.24) is 10.1 Å². The molecule has 0 atom stereocenters. The molecule has 0 radical (unpaired) electrons. The Hall–Kier alpha value is -2.69. The van der Waals surface area contributed by atoms with Gasteiger partial charge in [-0.05, 0) is 30.7 Å². The molecule has 0 spiro atoms. The molecule has 1 aromatic carbocycles. The van der Waals surface area contributed by atoms with Crippen LogP contribution in [-0.4, -0.2) is 21.2 Å². The number of benzene rings is 1. The molecule has 0 fully saturated rings. The third-order valence-corrected chi connectivity index (χ3v) is 3.26. The highest BCUT2D eigenvalue weighted by atomic mass is 16.5. The van der Waals surface area contributed by atoms with E-state index in [0.717, 1.165) is 16.8 Å². The highest BCUT2D eigenvalue weighted by molar-refractivity contribution is 6.02. The monoisotopic (exact) mass is 268 g/mol. The van der Waals surface area contributed by atoms with Gasteiger partial charge in [-0.15, -0.1) is 0 Å². The minimum Gasteiger partial charge on any atom is -0.478 e. The quantitative estimate of drug-likeness (QED) is 0.790. The Morgan fingerprint density at radius 1 is 1.35 bits per heavy atom. The average Bonchev–Trinajstić information content (AvgIpc) is 2.83. The number of carboxylic acid groups (broad SMARTS) is 1. The lowest BCUT2D eigenvalue weighted by Gasteiger charge is -2.05. The summed E-state index contributed by atoms with van der Waals surface area (Å²) < 4.78 is 4.91. The first kappa shape index (κ1) is 12.3. The molecule has 0 bridgehead atoms. The van der Waals surface area contributed by atoms with E-state index < -0.39 is 5.97 Å². The molecule has 5 heteroatoms. The third-order valence-electron chi connectivity index (χ3n) is 3.26. The summed E-state index contributed by atoms with van der Waals surface area (Å²) in [7, 11) is 0. The summed E-state index contributed by atoms with van der Waals surface area (Å²) in [6.07, 6.45) is 3.71. The van der Waals surface area contributed by atoms with Gasteiger partial charge in [-0.2, -0.15) is 0 Å². The average molecular weight is 268 g/mol. The van der Waals surface area contributed by atoms with Crippen molar-refractivity contribution in [2.75, 3.05) is 0 Å². The van der Waals surface area contributed by atoms with E-state index in [2.05, 4.69) is 10.1 Å². The van der Waals surface area contributed by atoms with Crippen molar-refractivity contribution < 1.29 is 14.4 Å². The lowest BCUT2D eigenvalue weighted by Crippen LogP contribution is -1.99. The number of nitrogens with zero attached hydrogens (tertiary/aromatic N) is 2. The molecule has 0 aliphatic carbocycles. The van der Waals surface area contributed by atoms with Crippen LogP contribution in [0.25, 0.3) is 10.9 Å². The predicted molar refractivity (Wildman–Crippen MR) is 72.7 cm³/mol. The molecule has 0 amide bonds. The highest BCUT2D eigenvalue weighted by Gasteiger charge is 2.11. The number of hydrogen-bond acceptors (Lipinski definition) is 4. The summed E-state index contributed by atoms with van der Waals surface area (Å²) in [6, 6.07) is 7.11. The molecule has 1 N–H and O–H groups in total. The van der Waals surface area contributed by atoms with Crippen molar-refractivity contribution in [3.05, 3.63) is 59.1 Å². The van der Waals surface area contributed by atoms with E-state index in [9.17, 15) is 9.90 Å². The van der Waals surface area contributed by atoms with Gasteiger partial charge in [-0.25, -0.2) is 4.79 Å². The number of aromatic carboxylic acids is 1. The number of hydrogen-bond donors (Lipinski definition) is 1. The van der Waals surface area contributed by atoms with Crippen LogP contribution < -0.4 is 0 Å². The summed E-state index contributed by atoms with van der Waals surface area (Å²) in [6.45, 7) is 1.93. The van der Waals surface area contributed by atoms with Gasteiger partial charge in [-0.1, -0.05) is 11.2 Å². The van der Waals surface area contributed by atoms with Crippen LogP contribution in [0.2, 0.25) is 0 Å². The maximum atomic E-state index is 11.2. The first-order chi connectivity index (χ1) is 9.65. The van der Waals surface area contributed by atoms with Crippen LogP contribution in [0, 0.1) is 6.92 Å². The zero-order valence-electron chi connectivity index (χ0n) is 10.8. The first-order valence-electron chi connectivity index (χ1n) is 6.16. The van der Waals surface area contributed by atoms with Crippen molar-refractivity contribution in [3.63, 3.8) is 0 Å². The predicted octanol–water partition coefficient (Wildman–Crippen LogP) is 2.82. The van der Waals surface area contributed by atoms with Crippen molar-refractivity contribution >= 4 is 16.9 Å². The molecular weight excluding hydrogens is 256 g/mol. The molecule has 3 rings (SSSR count). The molecule has 0 aliphatic rings. The van der Waals surface area contributed by atoms with Crippen LogP contribution in [0.4, 0.5) is 0 Å². The largest absolute Gasteiger partial charge is 0.478 e. The van der Waals surface area contributed by atoms with Gasteiger partial charge in [0.1, 0.15) is 6.26 Å². The number of pyridine rings is 1. The van der Waals surface area contributed by atoms with Crippen LogP contribution >= 0.6 is 0 Å². The molecular formula is C15H12N2O3. The summed E-state index contributed by atoms with van der Waals surface area (Å²) in [5, 5.41) is 13.8. The van der Waals surface area contributed by atoms with E-state index in [0.29, 0.717) is 17.3 Å². The van der Waals surface area contributed by atoms with Gasteiger partial charge in [0.15, 0.2) is 0 Å². The summed E-state index contributed by atoms with van der Waals surface area (Å²) in [5.41, 5.74) is 3.74. The number of rotatable bonds is 3. The van der Waals surface area contributed by atoms with E-state index in [1.54, 1.807) is 6.26 Å². The smallest absolute Gasteiger partial charge is 0.336 e. The number of carboxylic acids is 1. The van der Waals surface area contributed by atoms with E-state index in [1.165, 1.54) is 12.3 Å². The molecule has 100 valence electrons. The van der Waals surface area contributed by atoms with Gasteiger partial charge in [-0.3, -0.25) is 4.98 Å². The molecule has 0 unspecified atom stereocenters. The van der Waals surface area contributed by atoms with Crippen molar-refractivity contribution in [3.8, 4) is 0 Å². The Bertz CT molecular complexity index is 793. The Kier molecular flexibility index (Phi) is 2.95. The molecule has 2 heterocycles. The fourth-order valence-corrected chi connectivity index (χ4v) is 2.16. The Morgan fingerprint density at radius 3 is 2.90 bits per heavy atom. The van der Waals surface area contributed by atoms with Crippen LogP contribution in [0.1, 0.15) is 27.2 Å². The van der Waals surface area contributed by atoms with Crippen LogP contribution in [0.15, 0.2) is 41.2 Å². The minimum atomic E-state index is -0.952. The normalized spacial score (nSPS) is 10.8. The zero-order valence-corrected chi connectivity index (χ0v) is 10.8. The van der Waals surface area contributed by atoms with Gasteiger partial charge >= 0.3 is 5.97 Å². The number of aromatic nitrogens is 2. The fourth-order valence-electron chi connectivity index (χ4n) is 2.16. The lowest BCUT2D eigenvalue weighted by molar-refractivity contribution is 0.0699. The molecule has 5 nitrogen and oxygen atoms in total. The topological polar surface area (TPSA) is 76.2 Å². The van der Waals surface area contributed by atoms with Crippen molar-refractivity contribution in [1.29, 1.82) is 0 Å². The van der Waals surface area contributed by atoms with Gasteiger partial charge < -0.3 is 9.63 Å². The molecule has 0 saturated carbocycles. The second-order valence-corrected chi connectivity index (χ2v) is 4.64. The van der Waals surface area contributed by atoms with Gasteiger partial charge in [0.2, 0.25) is 0 Å². The van der Waals surface area contributed by atoms with E-state index in [1.807, 2.05) is 25.1 Å². The van der Waals surface area contributed by atoms with Gasteiger partial charge in [0, 0.05) is 23.6 Å². The van der Waals surface area contributed by atoms with Crippen molar-refractivity contribution in [2.24, 2.45) is 0 Å². The second-order valence-electron chi connectivity index (χ2n) is 4.64. The Labute approximate surface area is 114 Å². The summed E-state index contributed by atoms with van der Waals surface area (Å²) in [4.78, 5) is 15.4. The van der Waals surface area contributed by atoms with E-state index in [-0.39, 0.29) is 5.56 Å². The molecule has 3 aromatic rings. The fraction of sp³-hybridized carbons (Fsp3) is 0.133. The first-order valence-corrected chi connectivity index (χ1v) is 6.16. The summed E-state index contributed by atoms with van der Waals surface area (Å²) in [5.74, 6) is -0.952. The van der Waals surface area contributed by atoms with Crippen LogP contribution in [-0.2, 0) is 6.42 Å². The number of aryl methyl sites for hydroxylation is 1. The maximum absolute atomic E-state index is 11.2. The molecule has 2 aromatic heterocycles. The number of fused-ring (bicyclic) bond motifs is 1.